The lowest BCUT2D eigenvalue weighted by atomic mass is 10.1. The second-order valence-electron chi connectivity index (χ2n) is 5.74. The maximum Gasteiger partial charge on any atom is 0.349 e. The topological polar surface area (TPSA) is 72.5 Å². The lowest BCUT2D eigenvalue weighted by molar-refractivity contribution is -0.114. The van der Waals surface area contributed by atoms with E-state index >= 15 is 0 Å². The van der Waals surface area contributed by atoms with Crippen LogP contribution in [0.5, 0.6) is 0 Å². The van der Waals surface area contributed by atoms with Crippen molar-refractivity contribution < 1.29 is 19.1 Å². The lowest BCUT2D eigenvalue weighted by Gasteiger charge is -2.12. The van der Waals surface area contributed by atoms with Gasteiger partial charge in [-0.25, -0.2) is 4.79 Å². The van der Waals surface area contributed by atoms with E-state index in [2.05, 4.69) is 5.32 Å². The van der Waals surface area contributed by atoms with Gasteiger partial charge < -0.3 is 10.1 Å². The van der Waals surface area contributed by atoms with Crippen LogP contribution in [0.25, 0.3) is 0 Å². The van der Waals surface area contributed by atoms with Gasteiger partial charge in [0.05, 0.1) is 0 Å². The summed E-state index contributed by atoms with van der Waals surface area (Å²) in [6.07, 6.45) is -0.0227. The van der Waals surface area contributed by atoms with Crippen LogP contribution in [0.3, 0.4) is 0 Å². The van der Waals surface area contributed by atoms with E-state index in [1.807, 2.05) is 13.8 Å². The summed E-state index contributed by atoms with van der Waals surface area (Å²) in [6.45, 7) is 6.96. The zero-order valence-electron chi connectivity index (χ0n) is 14.7. The highest BCUT2D eigenvalue weighted by atomic mass is 32.1. The molecule has 6 heteroatoms. The molecule has 1 aromatic carbocycles. The molecule has 0 aliphatic rings. The van der Waals surface area contributed by atoms with E-state index in [1.54, 1.807) is 37.3 Å². The number of hydrogen-bond acceptors (Lipinski definition) is 5. The summed E-state index contributed by atoms with van der Waals surface area (Å²) in [5.74, 6) is -0.950. The fourth-order valence-electron chi connectivity index (χ4n) is 2.40. The second-order valence-corrected chi connectivity index (χ2v) is 6.88. The van der Waals surface area contributed by atoms with E-state index in [9.17, 15) is 14.4 Å². The van der Waals surface area contributed by atoms with Gasteiger partial charge in [-0.1, -0.05) is 6.92 Å². The number of carbonyl (C=O) groups excluding carboxylic acids is 3. The smallest absolute Gasteiger partial charge is 0.349 e. The molecule has 0 spiro atoms. The summed E-state index contributed by atoms with van der Waals surface area (Å²) in [5, 5.41) is 2.63. The van der Waals surface area contributed by atoms with Gasteiger partial charge in [-0.2, -0.15) is 0 Å². The molecule has 1 unspecified atom stereocenters. The van der Waals surface area contributed by atoms with Crippen LogP contribution in [0.2, 0.25) is 0 Å². The van der Waals surface area contributed by atoms with Crippen LogP contribution in [0, 0.1) is 6.92 Å². The highest BCUT2D eigenvalue weighted by Gasteiger charge is 2.22. The summed E-state index contributed by atoms with van der Waals surface area (Å²) in [6, 6.07) is 8.27. The van der Waals surface area contributed by atoms with Crippen molar-refractivity contribution in [3.63, 3.8) is 0 Å². The van der Waals surface area contributed by atoms with Gasteiger partial charge in [0.1, 0.15) is 4.88 Å². The van der Waals surface area contributed by atoms with E-state index in [1.165, 1.54) is 18.3 Å². The van der Waals surface area contributed by atoms with Gasteiger partial charge >= 0.3 is 5.97 Å². The fourth-order valence-corrected chi connectivity index (χ4v) is 3.40. The highest BCUT2D eigenvalue weighted by Crippen LogP contribution is 2.23. The van der Waals surface area contributed by atoms with Crippen LogP contribution in [-0.4, -0.2) is 23.8 Å². The minimum atomic E-state index is -0.883. The number of hydrogen-bond donors (Lipinski definition) is 1. The Hall–Kier alpha value is -2.47. The normalized spacial score (nSPS) is 11.7. The number of amides is 1. The SMILES string of the molecule is CCc1sc(C(=O)OC(C)C(=O)c2ccc(NC(C)=O)cc2)cc1C. The van der Waals surface area contributed by atoms with E-state index in [4.69, 9.17) is 4.74 Å². The van der Waals surface area contributed by atoms with Gasteiger partial charge in [0, 0.05) is 23.1 Å². The summed E-state index contributed by atoms with van der Waals surface area (Å²) in [7, 11) is 0. The Morgan fingerprint density at radius 3 is 2.36 bits per heavy atom. The van der Waals surface area contributed by atoms with Crippen LogP contribution in [0.15, 0.2) is 30.3 Å². The van der Waals surface area contributed by atoms with Crippen molar-refractivity contribution in [2.75, 3.05) is 5.32 Å². The van der Waals surface area contributed by atoms with Crippen LogP contribution in [0.4, 0.5) is 5.69 Å². The number of ketones is 1. The zero-order valence-corrected chi connectivity index (χ0v) is 15.5. The molecule has 1 N–H and O–H groups in total. The van der Waals surface area contributed by atoms with E-state index in [-0.39, 0.29) is 11.7 Å². The van der Waals surface area contributed by atoms with Crippen molar-refractivity contribution in [3.8, 4) is 0 Å². The van der Waals surface area contributed by atoms with Crippen LogP contribution in [-0.2, 0) is 16.0 Å². The molecule has 0 bridgehead atoms. The predicted molar refractivity (Wildman–Crippen MR) is 98.4 cm³/mol. The molecule has 2 rings (SSSR count). The number of ether oxygens (including phenoxy) is 1. The summed E-state index contributed by atoms with van der Waals surface area (Å²) in [4.78, 5) is 37.3. The number of Topliss-reactive ketones (excluding diaryl/α,β-unsaturated/α-hetero) is 1. The molecular formula is C19H21NO4S. The van der Waals surface area contributed by atoms with Crippen molar-refractivity contribution in [3.05, 3.63) is 51.2 Å². The van der Waals surface area contributed by atoms with Gasteiger partial charge in [-0.15, -0.1) is 11.3 Å². The van der Waals surface area contributed by atoms with E-state index in [0.717, 1.165) is 16.9 Å². The quantitative estimate of drug-likeness (QED) is 0.625. The molecule has 1 amide bonds. The van der Waals surface area contributed by atoms with Crippen molar-refractivity contribution in [2.45, 2.75) is 40.2 Å². The largest absolute Gasteiger partial charge is 0.450 e. The molecule has 1 atom stereocenters. The molecule has 0 radical (unpaired) electrons. The molecular weight excluding hydrogens is 338 g/mol. The molecule has 25 heavy (non-hydrogen) atoms. The summed E-state index contributed by atoms with van der Waals surface area (Å²) in [5.41, 5.74) is 2.09. The van der Waals surface area contributed by atoms with Crippen LogP contribution >= 0.6 is 11.3 Å². The number of esters is 1. The molecule has 0 saturated carbocycles. The van der Waals surface area contributed by atoms with Crippen molar-refractivity contribution in [1.29, 1.82) is 0 Å². The first-order valence-corrected chi connectivity index (χ1v) is 8.85. The summed E-state index contributed by atoms with van der Waals surface area (Å²) >= 11 is 1.40. The van der Waals surface area contributed by atoms with E-state index < -0.39 is 12.1 Å². The summed E-state index contributed by atoms with van der Waals surface area (Å²) < 4.78 is 5.31. The van der Waals surface area contributed by atoms with Crippen LogP contribution in [0.1, 0.15) is 51.2 Å². The molecule has 0 aliphatic carbocycles. The Kier molecular flexibility index (Phi) is 6.09. The molecule has 0 fully saturated rings. The number of nitrogens with one attached hydrogen (secondary N) is 1. The Morgan fingerprint density at radius 1 is 1.20 bits per heavy atom. The second kappa shape index (κ2) is 8.07. The van der Waals surface area contributed by atoms with Gasteiger partial charge in [-0.05, 0) is 56.2 Å². The molecule has 0 saturated heterocycles. The predicted octanol–water partition coefficient (Wildman–Crippen LogP) is 4.01. The maximum atomic E-state index is 12.4. The third-order valence-corrected chi connectivity index (χ3v) is 5.05. The first kappa shape index (κ1) is 18.9. The number of anilines is 1. The minimum Gasteiger partial charge on any atom is -0.450 e. The molecule has 5 nitrogen and oxygen atoms in total. The highest BCUT2D eigenvalue weighted by molar-refractivity contribution is 7.14. The number of rotatable bonds is 6. The van der Waals surface area contributed by atoms with Crippen LogP contribution < -0.4 is 5.32 Å². The van der Waals surface area contributed by atoms with Crippen molar-refractivity contribution in [1.82, 2.24) is 0 Å². The third-order valence-electron chi connectivity index (χ3n) is 3.69. The Balaban J connectivity index is 2.03. The third kappa shape index (κ3) is 4.76. The number of carbonyl (C=O) groups is 3. The Bertz CT molecular complexity index is 792. The first-order chi connectivity index (χ1) is 11.8. The van der Waals surface area contributed by atoms with Crippen molar-refractivity contribution >= 4 is 34.7 Å². The molecule has 1 heterocycles. The first-order valence-electron chi connectivity index (χ1n) is 8.04. The maximum absolute atomic E-state index is 12.4. The Labute approximate surface area is 151 Å². The average Bonchev–Trinajstić information content (AvgIpc) is 2.95. The van der Waals surface area contributed by atoms with E-state index in [0.29, 0.717) is 16.1 Å². The molecule has 132 valence electrons. The molecule has 1 aromatic heterocycles. The minimum absolute atomic E-state index is 0.181. The number of thiophene rings is 1. The van der Waals surface area contributed by atoms with Gasteiger partial charge in [0.2, 0.25) is 11.7 Å². The lowest BCUT2D eigenvalue weighted by Crippen LogP contribution is -2.24. The standard InChI is InChI=1S/C19H21NO4S/c1-5-16-11(2)10-17(25-16)19(23)24-12(3)18(22)14-6-8-15(9-7-14)20-13(4)21/h6-10,12H,5H2,1-4H3,(H,20,21). The number of aryl methyl sites for hydroxylation is 2. The average molecular weight is 359 g/mol. The molecule has 0 aliphatic heterocycles. The van der Waals surface area contributed by atoms with Crippen molar-refractivity contribution in [2.24, 2.45) is 0 Å². The fraction of sp³-hybridized carbons (Fsp3) is 0.316. The number of benzene rings is 1. The monoisotopic (exact) mass is 359 g/mol. The van der Waals surface area contributed by atoms with Gasteiger partial charge in [-0.3, -0.25) is 9.59 Å². The zero-order chi connectivity index (χ0) is 18.6. The van der Waals surface area contributed by atoms with Gasteiger partial charge in [0.15, 0.2) is 6.10 Å². The van der Waals surface area contributed by atoms with Gasteiger partial charge in [0.25, 0.3) is 0 Å². The molecule has 2 aromatic rings. The Morgan fingerprint density at radius 2 is 1.84 bits per heavy atom.